The second-order valence-corrected chi connectivity index (χ2v) is 3.84. The van der Waals surface area contributed by atoms with Crippen LogP contribution in [-0.2, 0) is 0 Å². The summed E-state index contributed by atoms with van der Waals surface area (Å²) in [6.45, 7) is 0. The Morgan fingerprint density at radius 1 is 1.29 bits per heavy atom. The van der Waals surface area contributed by atoms with Gasteiger partial charge >= 0.3 is 6.03 Å². The number of carbonyl (C=O) groups excluding carboxylic acids is 1. The molecule has 0 aliphatic heterocycles. The minimum atomic E-state index is -0.143. The minimum Gasteiger partial charge on any atom is -0.345 e. The van der Waals surface area contributed by atoms with Crippen molar-refractivity contribution in [3.05, 3.63) is 36.7 Å². The molecule has 0 aliphatic carbocycles. The molecule has 0 aliphatic rings. The van der Waals surface area contributed by atoms with E-state index in [1.54, 1.807) is 26.5 Å². The lowest BCUT2D eigenvalue weighted by Gasteiger charge is -2.11. The summed E-state index contributed by atoms with van der Waals surface area (Å²) in [6, 6.07) is 7.36. The van der Waals surface area contributed by atoms with E-state index in [1.165, 1.54) is 4.90 Å². The highest BCUT2D eigenvalue weighted by Crippen LogP contribution is 2.17. The lowest BCUT2D eigenvalue weighted by Crippen LogP contribution is -2.27. The molecule has 1 heterocycles. The number of aromatic amines is 1. The molecule has 2 N–H and O–H groups in total. The highest BCUT2D eigenvalue weighted by Gasteiger charge is 2.04. The molecule has 88 valence electrons. The molecule has 17 heavy (non-hydrogen) atoms. The van der Waals surface area contributed by atoms with E-state index in [4.69, 9.17) is 0 Å². The number of H-pyrrole nitrogens is 1. The smallest absolute Gasteiger partial charge is 0.321 e. The Labute approximate surface area is 99.5 Å². The van der Waals surface area contributed by atoms with Gasteiger partial charge in [-0.25, -0.2) is 9.78 Å². The van der Waals surface area contributed by atoms with Crippen LogP contribution in [-0.4, -0.2) is 35.0 Å². The van der Waals surface area contributed by atoms with Crippen LogP contribution in [0.5, 0.6) is 0 Å². The van der Waals surface area contributed by atoms with E-state index in [2.05, 4.69) is 15.3 Å². The first-order valence-corrected chi connectivity index (χ1v) is 5.25. The number of anilines is 1. The quantitative estimate of drug-likeness (QED) is 0.830. The van der Waals surface area contributed by atoms with E-state index in [0.29, 0.717) is 0 Å². The summed E-state index contributed by atoms with van der Waals surface area (Å²) in [4.78, 5) is 20.1. The van der Waals surface area contributed by atoms with Crippen LogP contribution in [0.25, 0.3) is 11.4 Å². The third kappa shape index (κ3) is 2.63. The number of nitrogens with zero attached hydrogens (tertiary/aromatic N) is 2. The number of hydrogen-bond acceptors (Lipinski definition) is 2. The van der Waals surface area contributed by atoms with Gasteiger partial charge in [0.25, 0.3) is 0 Å². The minimum absolute atomic E-state index is 0.143. The summed E-state index contributed by atoms with van der Waals surface area (Å²) in [6.07, 6.45) is 3.48. The van der Waals surface area contributed by atoms with E-state index in [9.17, 15) is 4.79 Å². The number of imidazole rings is 1. The Morgan fingerprint density at radius 3 is 2.53 bits per heavy atom. The van der Waals surface area contributed by atoms with Crippen molar-refractivity contribution >= 4 is 11.7 Å². The van der Waals surface area contributed by atoms with Gasteiger partial charge in [-0.15, -0.1) is 0 Å². The Bertz CT molecular complexity index is 488. The number of benzene rings is 1. The first kappa shape index (κ1) is 11.2. The summed E-state index contributed by atoms with van der Waals surface area (Å²) >= 11 is 0. The fraction of sp³-hybridized carbons (Fsp3) is 0.167. The fourth-order valence-electron chi connectivity index (χ4n) is 1.37. The SMILES string of the molecule is CN(C)C(=O)Nc1ccc(-c2ncc[nH]2)cc1. The van der Waals surface area contributed by atoms with Gasteiger partial charge in [0, 0.05) is 37.7 Å². The van der Waals surface area contributed by atoms with Gasteiger partial charge in [-0.1, -0.05) is 0 Å². The van der Waals surface area contributed by atoms with Crippen molar-refractivity contribution in [3.8, 4) is 11.4 Å². The molecule has 2 amide bonds. The Morgan fingerprint density at radius 2 is 2.00 bits per heavy atom. The topological polar surface area (TPSA) is 61.0 Å². The molecule has 5 heteroatoms. The van der Waals surface area contributed by atoms with Gasteiger partial charge in [0.1, 0.15) is 5.82 Å². The van der Waals surface area contributed by atoms with Crippen LogP contribution in [0.3, 0.4) is 0 Å². The molecule has 0 unspecified atom stereocenters. The summed E-state index contributed by atoms with van der Waals surface area (Å²) < 4.78 is 0. The van der Waals surface area contributed by atoms with Crippen molar-refractivity contribution in [1.82, 2.24) is 14.9 Å². The molecule has 2 aromatic rings. The van der Waals surface area contributed by atoms with Gasteiger partial charge < -0.3 is 15.2 Å². The maximum atomic E-state index is 11.4. The van der Waals surface area contributed by atoms with Crippen LogP contribution >= 0.6 is 0 Å². The van der Waals surface area contributed by atoms with Crippen molar-refractivity contribution in [2.75, 3.05) is 19.4 Å². The Balaban J connectivity index is 2.11. The third-order valence-corrected chi connectivity index (χ3v) is 2.31. The second kappa shape index (κ2) is 4.69. The van der Waals surface area contributed by atoms with Gasteiger partial charge in [0.15, 0.2) is 0 Å². The zero-order valence-electron chi connectivity index (χ0n) is 9.77. The molecular weight excluding hydrogens is 216 g/mol. The predicted octanol–water partition coefficient (Wildman–Crippen LogP) is 2.17. The van der Waals surface area contributed by atoms with Crippen molar-refractivity contribution < 1.29 is 4.79 Å². The van der Waals surface area contributed by atoms with Crippen LogP contribution in [0.1, 0.15) is 0 Å². The van der Waals surface area contributed by atoms with Gasteiger partial charge in [-0.3, -0.25) is 0 Å². The number of hydrogen-bond donors (Lipinski definition) is 2. The number of nitrogens with one attached hydrogen (secondary N) is 2. The largest absolute Gasteiger partial charge is 0.345 e. The third-order valence-electron chi connectivity index (χ3n) is 2.31. The average molecular weight is 230 g/mol. The maximum absolute atomic E-state index is 11.4. The normalized spacial score (nSPS) is 10.0. The highest BCUT2D eigenvalue weighted by molar-refractivity contribution is 5.89. The van der Waals surface area contributed by atoms with E-state index in [-0.39, 0.29) is 6.03 Å². The summed E-state index contributed by atoms with van der Waals surface area (Å²) in [5, 5.41) is 2.77. The number of rotatable bonds is 2. The zero-order chi connectivity index (χ0) is 12.3. The Hall–Kier alpha value is -2.30. The number of urea groups is 1. The summed E-state index contributed by atoms with van der Waals surface area (Å²) in [7, 11) is 3.40. The predicted molar refractivity (Wildman–Crippen MR) is 66.7 cm³/mol. The number of amides is 2. The highest BCUT2D eigenvalue weighted by atomic mass is 16.2. The average Bonchev–Trinajstić information content (AvgIpc) is 2.83. The molecule has 1 aromatic carbocycles. The monoisotopic (exact) mass is 230 g/mol. The summed E-state index contributed by atoms with van der Waals surface area (Å²) in [5.74, 6) is 0.815. The van der Waals surface area contributed by atoms with Crippen molar-refractivity contribution in [2.24, 2.45) is 0 Å². The van der Waals surface area contributed by atoms with Crippen LogP contribution in [0.4, 0.5) is 10.5 Å². The van der Waals surface area contributed by atoms with Crippen molar-refractivity contribution in [3.63, 3.8) is 0 Å². The van der Waals surface area contributed by atoms with Gasteiger partial charge in [0.2, 0.25) is 0 Å². The van der Waals surface area contributed by atoms with Crippen LogP contribution in [0, 0.1) is 0 Å². The maximum Gasteiger partial charge on any atom is 0.321 e. The van der Waals surface area contributed by atoms with Crippen LogP contribution < -0.4 is 5.32 Å². The van der Waals surface area contributed by atoms with Crippen molar-refractivity contribution in [1.29, 1.82) is 0 Å². The lowest BCUT2D eigenvalue weighted by atomic mass is 10.2. The Kier molecular flexibility index (Phi) is 3.09. The number of aromatic nitrogens is 2. The van der Waals surface area contributed by atoms with E-state index in [1.807, 2.05) is 24.3 Å². The van der Waals surface area contributed by atoms with Crippen LogP contribution in [0.2, 0.25) is 0 Å². The summed E-state index contributed by atoms with van der Waals surface area (Å²) in [5.41, 5.74) is 1.75. The first-order chi connectivity index (χ1) is 8.16. The molecule has 0 saturated heterocycles. The fourth-order valence-corrected chi connectivity index (χ4v) is 1.37. The van der Waals surface area contributed by atoms with Crippen molar-refractivity contribution in [2.45, 2.75) is 0 Å². The molecule has 0 saturated carbocycles. The molecule has 0 atom stereocenters. The molecule has 1 aromatic heterocycles. The standard InChI is InChI=1S/C12H14N4O/c1-16(2)12(17)15-10-5-3-9(4-6-10)11-13-7-8-14-11/h3-8H,1-2H3,(H,13,14)(H,15,17). The van der Waals surface area contributed by atoms with Gasteiger partial charge in [0.05, 0.1) is 0 Å². The molecule has 0 radical (unpaired) electrons. The lowest BCUT2D eigenvalue weighted by molar-refractivity contribution is 0.230. The van der Waals surface area contributed by atoms with Gasteiger partial charge in [-0.2, -0.15) is 0 Å². The molecule has 2 rings (SSSR count). The second-order valence-electron chi connectivity index (χ2n) is 3.84. The first-order valence-electron chi connectivity index (χ1n) is 5.25. The van der Waals surface area contributed by atoms with E-state index < -0.39 is 0 Å². The zero-order valence-corrected chi connectivity index (χ0v) is 9.77. The molecular formula is C12H14N4O. The molecule has 0 fully saturated rings. The van der Waals surface area contributed by atoms with Crippen LogP contribution in [0.15, 0.2) is 36.7 Å². The van der Waals surface area contributed by atoms with E-state index >= 15 is 0 Å². The molecule has 0 spiro atoms. The molecule has 0 bridgehead atoms. The molecule has 5 nitrogen and oxygen atoms in total. The number of carbonyl (C=O) groups is 1. The van der Waals surface area contributed by atoms with E-state index in [0.717, 1.165) is 17.1 Å². The van der Waals surface area contributed by atoms with Gasteiger partial charge in [-0.05, 0) is 24.3 Å².